The van der Waals surface area contributed by atoms with Gasteiger partial charge in [0.05, 0.1) is 12.6 Å². The maximum absolute atomic E-state index is 6.27. The van der Waals surface area contributed by atoms with Gasteiger partial charge in [0.25, 0.3) is 0 Å². The van der Waals surface area contributed by atoms with Gasteiger partial charge in [-0.3, -0.25) is 0 Å². The number of methoxy groups -OCH3 is 1. The van der Waals surface area contributed by atoms with Gasteiger partial charge in [0.15, 0.2) is 5.82 Å². The number of halogens is 2. The van der Waals surface area contributed by atoms with Crippen LogP contribution < -0.4 is 9.57 Å². The van der Waals surface area contributed by atoms with E-state index >= 15 is 0 Å². The molecule has 4 nitrogen and oxygen atoms in total. The summed E-state index contributed by atoms with van der Waals surface area (Å²) < 4.78 is 6.96. The van der Waals surface area contributed by atoms with E-state index < -0.39 is 0 Å². The molecule has 0 unspecified atom stereocenters. The molecule has 1 aromatic heterocycles. The molecule has 0 aliphatic rings. The highest BCUT2D eigenvalue weighted by Crippen LogP contribution is 2.28. The van der Waals surface area contributed by atoms with Gasteiger partial charge < -0.3 is 9.57 Å². The van der Waals surface area contributed by atoms with Crippen molar-refractivity contribution in [3.05, 3.63) is 82.3 Å². The number of aromatic nitrogens is 2. The van der Waals surface area contributed by atoms with E-state index in [9.17, 15) is 0 Å². The van der Waals surface area contributed by atoms with Crippen molar-refractivity contribution in [2.24, 2.45) is 0 Å². The molecule has 136 valence electrons. The molecule has 4 aromatic rings. The fourth-order valence-corrected chi connectivity index (χ4v) is 3.36. The van der Waals surface area contributed by atoms with Gasteiger partial charge in [-0.2, -0.15) is 4.73 Å². The van der Waals surface area contributed by atoms with Crippen LogP contribution in [0.15, 0.2) is 66.7 Å². The molecule has 6 heteroatoms. The van der Waals surface area contributed by atoms with Crippen LogP contribution in [0.3, 0.4) is 0 Å². The summed E-state index contributed by atoms with van der Waals surface area (Å²) in [6.07, 6.45) is 0. The van der Waals surface area contributed by atoms with E-state index in [0.717, 1.165) is 27.9 Å². The Balaban J connectivity index is 1.76. The van der Waals surface area contributed by atoms with Crippen LogP contribution in [0.25, 0.3) is 22.4 Å². The van der Waals surface area contributed by atoms with Crippen LogP contribution in [0.2, 0.25) is 10.0 Å². The van der Waals surface area contributed by atoms with Gasteiger partial charge in [-0.05, 0) is 48.5 Å². The van der Waals surface area contributed by atoms with Gasteiger partial charge in [-0.15, -0.1) is 0 Å². The van der Waals surface area contributed by atoms with Gasteiger partial charge in [0.1, 0.15) is 17.9 Å². The third kappa shape index (κ3) is 3.46. The molecule has 0 saturated heterocycles. The summed E-state index contributed by atoms with van der Waals surface area (Å²) in [6.45, 7) is 0.224. The lowest BCUT2D eigenvalue weighted by Gasteiger charge is -2.13. The predicted octanol–water partition coefficient (Wildman–Crippen LogP) is 5.65. The van der Waals surface area contributed by atoms with Crippen molar-refractivity contribution in [2.75, 3.05) is 7.11 Å². The molecule has 1 heterocycles. The summed E-state index contributed by atoms with van der Waals surface area (Å²) in [5.74, 6) is 1.48. The van der Waals surface area contributed by atoms with E-state index in [1.54, 1.807) is 24.0 Å². The Morgan fingerprint density at radius 2 is 1.59 bits per heavy atom. The first-order valence-corrected chi connectivity index (χ1v) is 9.11. The second-order valence-corrected chi connectivity index (χ2v) is 6.74. The zero-order chi connectivity index (χ0) is 18.8. The summed E-state index contributed by atoms with van der Waals surface area (Å²) in [6, 6.07) is 20.9. The molecule has 4 rings (SSSR count). The van der Waals surface area contributed by atoms with E-state index in [1.165, 1.54) is 0 Å². The number of benzene rings is 3. The molecule has 0 fully saturated rings. The van der Waals surface area contributed by atoms with Gasteiger partial charge in [-0.25, -0.2) is 4.98 Å². The Hall–Kier alpha value is -2.69. The number of rotatable bonds is 5. The average molecular weight is 399 g/mol. The molecule has 0 spiro atoms. The number of hydrogen-bond donors (Lipinski definition) is 0. The molecule has 0 bridgehead atoms. The van der Waals surface area contributed by atoms with Gasteiger partial charge >= 0.3 is 0 Å². The van der Waals surface area contributed by atoms with Crippen molar-refractivity contribution >= 4 is 34.2 Å². The van der Waals surface area contributed by atoms with Crippen LogP contribution in [0.5, 0.6) is 5.75 Å². The smallest absolute Gasteiger partial charge is 0.176 e. The maximum Gasteiger partial charge on any atom is 0.176 e. The average Bonchev–Trinajstić information content (AvgIpc) is 3.06. The van der Waals surface area contributed by atoms with E-state index in [1.807, 2.05) is 54.6 Å². The first-order chi connectivity index (χ1) is 13.2. The first-order valence-electron chi connectivity index (χ1n) is 8.35. The van der Waals surface area contributed by atoms with Crippen LogP contribution in [-0.4, -0.2) is 16.8 Å². The van der Waals surface area contributed by atoms with Crippen molar-refractivity contribution in [1.82, 2.24) is 9.71 Å². The Labute approximate surface area is 166 Å². The van der Waals surface area contributed by atoms with E-state index in [0.29, 0.717) is 15.9 Å². The lowest BCUT2D eigenvalue weighted by atomic mass is 10.2. The molecular formula is C21H16Cl2N2O2. The molecule has 3 aromatic carbocycles. The molecule has 0 radical (unpaired) electrons. The van der Waals surface area contributed by atoms with E-state index in [-0.39, 0.29) is 6.61 Å². The van der Waals surface area contributed by atoms with Gasteiger partial charge in [-0.1, -0.05) is 41.4 Å². The monoisotopic (exact) mass is 398 g/mol. The largest absolute Gasteiger partial charge is 0.497 e. The minimum atomic E-state index is 0.224. The zero-order valence-corrected chi connectivity index (χ0v) is 16.0. The zero-order valence-electron chi connectivity index (χ0n) is 14.5. The minimum absolute atomic E-state index is 0.224. The van der Waals surface area contributed by atoms with Crippen LogP contribution in [-0.2, 0) is 6.61 Å². The summed E-state index contributed by atoms with van der Waals surface area (Å²) in [5.41, 5.74) is 3.36. The van der Waals surface area contributed by atoms with Crippen LogP contribution in [0.1, 0.15) is 5.56 Å². The summed E-state index contributed by atoms with van der Waals surface area (Å²) in [5, 5.41) is 1.14. The second kappa shape index (κ2) is 7.51. The number of fused-ring (bicyclic) bond motifs is 1. The molecule has 0 atom stereocenters. The lowest BCUT2D eigenvalue weighted by Crippen LogP contribution is -2.13. The number of nitrogens with zero attached hydrogens (tertiary/aromatic N) is 2. The number of hydrogen-bond acceptors (Lipinski definition) is 3. The summed E-state index contributed by atoms with van der Waals surface area (Å²) in [7, 11) is 1.64. The Kier molecular flexibility index (Phi) is 4.92. The highest BCUT2D eigenvalue weighted by molar-refractivity contribution is 6.35. The van der Waals surface area contributed by atoms with Crippen molar-refractivity contribution in [3.8, 4) is 17.1 Å². The molecule has 0 aliphatic carbocycles. The minimum Gasteiger partial charge on any atom is -0.497 e. The molecule has 0 N–H and O–H groups in total. The van der Waals surface area contributed by atoms with Crippen LogP contribution in [0.4, 0.5) is 0 Å². The lowest BCUT2D eigenvalue weighted by molar-refractivity contribution is 0.110. The van der Waals surface area contributed by atoms with E-state index in [4.69, 9.17) is 37.8 Å². The first kappa shape index (κ1) is 17.7. The standard InChI is InChI=1S/C21H16Cl2N2O2/c1-26-15-11-9-14(10-12-15)21-24-19-7-2-3-8-20(19)25(21)27-13-16-17(22)5-4-6-18(16)23/h2-12H,13H2,1H3. The Bertz CT molecular complexity index is 1070. The fourth-order valence-electron chi connectivity index (χ4n) is 2.86. The molecule has 0 aliphatic heterocycles. The second-order valence-electron chi connectivity index (χ2n) is 5.92. The Morgan fingerprint density at radius 1 is 0.889 bits per heavy atom. The highest BCUT2D eigenvalue weighted by Gasteiger charge is 2.15. The quantitative estimate of drug-likeness (QED) is 0.435. The van der Waals surface area contributed by atoms with Crippen molar-refractivity contribution in [3.63, 3.8) is 0 Å². The van der Waals surface area contributed by atoms with E-state index in [2.05, 4.69) is 0 Å². The highest BCUT2D eigenvalue weighted by atomic mass is 35.5. The third-order valence-electron chi connectivity index (χ3n) is 4.27. The number of para-hydroxylation sites is 2. The third-order valence-corrected chi connectivity index (χ3v) is 4.98. The SMILES string of the molecule is COc1ccc(-c2nc3ccccc3n2OCc2c(Cl)cccc2Cl)cc1. The van der Waals surface area contributed by atoms with Crippen LogP contribution in [0, 0.1) is 0 Å². The molecule has 27 heavy (non-hydrogen) atoms. The number of imidazole rings is 1. The summed E-state index contributed by atoms with van der Waals surface area (Å²) >= 11 is 12.5. The maximum atomic E-state index is 6.27. The topological polar surface area (TPSA) is 36.3 Å². The summed E-state index contributed by atoms with van der Waals surface area (Å²) in [4.78, 5) is 10.8. The molecular weight excluding hydrogens is 383 g/mol. The predicted molar refractivity (Wildman–Crippen MR) is 108 cm³/mol. The molecule has 0 saturated carbocycles. The van der Waals surface area contributed by atoms with Crippen LogP contribution >= 0.6 is 23.2 Å². The Morgan fingerprint density at radius 3 is 2.30 bits per heavy atom. The normalized spacial score (nSPS) is 10.9. The van der Waals surface area contributed by atoms with Crippen molar-refractivity contribution < 1.29 is 9.57 Å². The van der Waals surface area contributed by atoms with Gasteiger partial charge in [0.2, 0.25) is 0 Å². The van der Waals surface area contributed by atoms with Crippen molar-refractivity contribution in [1.29, 1.82) is 0 Å². The van der Waals surface area contributed by atoms with Crippen molar-refractivity contribution in [2.45, 2.75) is 6.61 Å². The number of ether oxygens (including phenoxy) is 1. The van der Waals surface area contributed by atoms with Gasteiger partial charge in [0, 0.05) is 21.2 Å². The fraction of sp³-hybridized carbons (Fsp3) is 0.0952. The molecule has 0 amide bonds.